The quantitative estimate of drug-likeness (QED) is 0.589. The number of halogens is 1. The summed E-state index contributed by atoms with van der Waals surface area (Å²) in [5.74, 6) is -2.08. The molecule has 5 nitrogen and oxygen atoms in total. The van der Waals surface area contributed by atoms with Crippen molar-refractivity contribution in [1.82, 2.24) is 0 Å². The summed E-state index contributed by atoms with van der Waals surface area (Å²) in [6.45, 7) is 1.45. The summed E-state index contributed by atoms with van der Waals surface area (Å²) in [6, 6.07) is 13.8. The number of fused-ring (bicyclic) bond motifs is 6. The van der Waals surface area contributed by atoms with Crippen molar-refractivity contribution in [3.05, 3.63) is 87.9 Å². The fraction of sp³-hybridized carbons (Fsp3) is 0.192. The molecule has 0 aliphatic carbocycles. The lowest BCUT2D eigenvalue weighted by Gasteiger charge is -2.37. The van der Waals surface area contributed by atoms with Crippen LogP contribution < -0.4 is 10.2 Å². The van der Waals surface area contributed by atoms with E-state index in [0.29, 0.717) is 27.4 Å². The first-order valence-electron chi connectivity index (χ1n) is 10.7. The Kier molecular flexibility index (Phi) is 4.23. The van der Waals surface area contributed by atoms with Crippen LogP contribution in [0.5, 0.6) is 0 Å². The Hall–Kier alpha value is -3.58. The van der Waals surface area contributed by atoms with Crippen molar-refractivity contribution in [2.24, 2.45) is 5.92 Å². The number of hydrogen-bond donors (Lipinski definition) is 1. The highest BCUT2D eigenvalue weighted by Gasteiger charge is 2.69. The number of carbonyl (C=O) groups is 3. The van der Waals surface area contributed by atoms with E-state index in [-0.39, 0.29) is 23.3 Å². The molecule has 4 atom stereocenters. The summed E-state index contributed by atoms with van der Waals surface area (Å²) in [4.78, 5) is 43.4. The number of benzene rings is 2. The van der Waals surface area contributed by atoms with E-state index in [1.54, 1.807) is 24.3 Å². The van der Waals surface area contributed by atoms with Gasteiger partial charge in [0.05, 0.1) is 22.9 Å². The van der Waals surface area contributed by atoms with Crippen LogP contribution in [0.1, 0.15) is 27.7 Å². The van der Waals surface area contributed by atoms with Gasteiger partial charge in [-0.05, 0) is 48.2 Å². The van der Waals surface area contributed by atoms with Gasteiger partial charge in [-0.25, -0.2) is 4.39 Å². The Morgan fingerprint density at radius 1 is 1.12 bits per heavy atom. The Morgan fingerprint density at radius 2 is 1.94 bits per heavy atom. The number of Topliss-reactive ketones (excluding diaryl/α,β-unsaturated/α-hetero) is 2. The summed E-state index contributed by atoms with van der Waals surface area (Å²) in [5.41, 5.74) is 1.31. The van der Waals surface area contributed by atoms with E-state index >= 15 is 0 Å². The van der Waals surface area contributed by atoms with E-state index in [2.05, 4.69) is 5.32 Å². The van der Waals surface area contributed by atoms with Crippen molar-refractivity contribution in [1.29, 1.82) is 0 Å². The normalized spacial score (nSPS) is 26.7. The van der Waals surface area contributed by atoms with Crippen LogP contribution in [-0.4, -0.2) is 29.6 Å². The summed E-state index contributed by atoms with van der Waals surface area (Å²) in [6.07, 6.45) is 3.62. The number of thiophene rings is 1. The minimum atomic E-state index is -1.30. The number of ketones is 2. The topological polar surface area (TPSA) is 66.5 Å². The van der Waals surface area contributed by atoms with Crippen molar-refractivity contribution in [2.75, 3.05) is 10.2 Å². The molecule has 1 aromatic heterocycles. The van der Waals surface area contributed by atoms with E-state index in [1.165, 1.54) is 30.4 Å². The molecule has 3 aromatic rings. The van der Waals surface area contributed by atoms with Crippen LogP contribution in [0.4, 0.5) is 15.8 Å². The standard InChI is InChI=1S/C26H19FN2O3S/c1-14(30)23-22(24(31)20-7-4-12-33-20)26(17-5-2-3-6-18(17)28-25(26)32)21-11-8-15-13-16(27)9-10-19(15)29(21)23/h2-13,21-23H,1H3,(H,28,32)/t21-,22+,23-,26-/m1/s1. The van der Waals surface area contributed by atoms with Gasteiger partial charge in [-0.15, -0.1) is 11.3 Å². The van der Waals surface area contributed by atoms with Gasteiger partial charge in [0, 0.05) is 16.9 Å². The SMILES string of the molecule is CC(=O)[C@@H]1[C@@H](C(=O)c2cccs2)[C@]2(C(=O)Nc3ccccc32)[C@H]2C=Cc3cc(F)ccc3N12. The van der Waals surface area contributed by atoms with Crippen LogP contribution in [0.15, 0.2) is 66.1 Å². The van der Waals surface area contributed by atoms with E-state index in [9.17, 15) is 18.8 Å². The number of hydrogen-bond acceptors (Lipinski definition) is 5. The smallest absolute Gasteiger partial charge is 0.238 e. The highest BCUT2D eigenvalue weighted by molar-refractivity contribution is 7.12. The molecule has 1 saturated heterocycles. The van der Waals surface area contributed by atoms with Gasteiger partial charge in [-0.2, -0.15) is 0 Å². The number of anilines is 2. The van der Waals surface area contributed by atoms with Gasteiger partial charge in [-0.3, -0.25) is 14.4 Å². The number of rotatable bonds is 3. The molecule has 2 aromatic carbocycles. The van der Waals surface area contributed by atoms with Crippen LogP contribution in [0.2, 0.25) is 0 Å². The second-order valence-electron chi connectivity index (χ2n) is 8.66. The average Bonchev–Trinajstić information content (AvgIpc) is 3.50. The largest absolute Gasteiger partial charge is 0.352 e. The second kappa shape index (κ2) is 6.96. The number of para-hydroxylation sites is 1. The molecule has 0 saturated carbocycles. The van der Waals surface area contributed by atoms with E-state index in [0.717, 1.165) is 0 Å². The molecule has 1 amide bonds. The molecule has 3 aliphatic heterocycles. The number of nitrogens with zero attached hydrogens (tertiary/aromatic N) is 1. The fourth-order valence-electron chi connectivity index (χ4n) is 5.88. The third-order valence-corrected chi connectivity index (χ3v) is 7.94. The van der Waals surface area contributed by atoms with Crippen LogP contribution in [0.25, 0.3) is 6.08 Å². The summed E-state index contributed by atoms with van der Waals surface area (Å²) >= 11 is 1.30. The minimum Gasteiger partial charge on any atom is -0.352 e. The van der Waals surface area contributed by atoms with Crippen molar-refractivity contribution >= 4 is 46.3 Å². The van der Waals surface area contributed by atoms with Gasteiger partial charge in [0.25, 0.3) is 0 Å². The number of amides is 1. The third kappa shape index (κ3) is 2.54. The Bertz CT molecular complexity index is 1370. The van der Waals surface area contributed by atoms with Crippen LogP contribution in [0.3, 0.4) is 0 Å². The first-order valence-corrected chi connectivity index (χ1v) is 11.6. The summed E-state index contributed by atoms with van der Waals surface area (Å²) in [5, 5.41) is 4.78. The molecular weight excluding hydrogens is 439 g/mol. The zero-order valence-electron chi connectivity index (χ0n) is 17.6. The average molecular weight is 459 g/mol. The Labute approximate surface area is 193 Å². The van der Waals surface area contributed by atoms with E-state index in [1.807, 2.05) is 40.6 Å². The summed E-state index contributed by atoms with van der Waals surface area (Å²) < 4.78 is 14.0. The van der Waals surface area contributed by atoms with Gasteiger partial charge in [0.2, 0.25) is 5.91 Å². The van der Waals surface area contributed by atoms with E-state index in [4.69, 9.17) is 0 Å². The number of nitrogens with one attached hydrogen (secondary N) is 1. The maximum atomic E-state index is 14.0. The first kappa shape index (κ1) is 20.1. The first-order chi connectivity index (χ1) is 15.9. The molecule has 7 heteroatoms. The minimum absolute atomic E-state index is 0.213. The monoisotopic (exact) mass is 458 g/mol. The molecule has 3 aliphatic rings. The van der Waals surface area contributed by atoms with Gasteiger partial charge in [0.1, 0.15) is 11.2 Å². The molecular formula is C26H19FN2O3S. The predicted molar refractivity (Wildman–Crippen MR) is 125 cm³/mol. The van der Waals surface area contributed by atoms with Gasteiger partial charge >= 0.3 is 0 Å². The highest BCUT2D eigenvalue weighted by Crippen LogP contribution is 2.57. The van der Waals surface area contributed by atoms with Crippen LogP contribution >= 0.6 is 11.3 Å². The van der Waals surface area contributed by atoms with Crippen molar-refractivity contribution in [3.63, 3.8) is 0 Å². The Morgan fingerprint density at radius 3 is 2.70 bits per heavy atom. The second-order valence-corrected chi connectivity index (χ2v) is 9.61. The van der Waals surface area contributed by atoms with Gasteiger partial charge in [0.15, 0.2) is 11.6 Å². The van der Waals surface area contributed by atoms with Gasteiger partial charge < -0.3 is 10.2 Å². The molecule has 1 spiro atoms. The maximum absolute atomic E-state index is 14.0. The lowest BCUT2D eigenvalue weighted by Crippen LogP contribution is -2.51. The fourth-order valence-corrected chi connectivity index (χ4v) is 6.58. The molecule has 1 fully saturated rings. The molecule has 0 bridgehead atoms. The number of carbonyl (C=O) groups excluding carboxylic acids is 3. The zero-order valence-corrected chi connectivity index (χ0v) is 18.4. The van der Waals surface area contributed by atoms with E-state index < -0.39 is 23.4 Å². The zero-order chi connectivity index (χ0) is 22.9. The van der Waals surface area contributed by atoms with Crippen LogP contribution in [-0.2, 0) is 15.0 Å². The molecule has 0 radical (unpaired) electrons. The third-order valence-electron chi connectivity index (χ3n) is 7.06. The molecule has 4 heterocycles. The Balaban J connectivity index is 1.67. The molecule has 1 N–H and O–H groups in total. The molecule has 6 rings (SSSR count). The van der Waals surface area contributed by atoms with Crippen molar-refractivity contribution < 1.29 is 18.8 Å². The lowest BCUT2D eigenvalue weighted by molar-refractivity contribution is -0.122. The predicted octanol–water partition coefficient (Wildman–Crippen LogP) is 4.45. The maximum Gasteiger partial charge on any atom is 0.238 e. The lowest BCUT2D eigenvalue weighted by atomic mass is 9.65. The van der Waals surface area contributed by atoms with Crippen molar-refractivity contribution in [3.8, 4) is 0 Å². The summed E-state index contributed by atoms with van der Waals surface area (Å²) in [7, 11) is 0. The molecule has 0 unspecified atom stereocenters. The van der Waals surface area contributed by atoms with Gasteiger partial charge in [-0.1, -0.05) is 36.4 Å². The molecule has 33 heavy (non-hydrogen) atoms. The van der Waals surface area contributed by atoms with Crippen LogP contribution in [0, 0.1) is 11.7 Å². The van der Waals surface area contributed by atoms with Crippen molar-refractivity contribution in [2.45, 2.75) is 24.4 Å². The molecule has 164 valence electrons. The highest BCUT2D eigenvalue weighted by atomic mass is 32.1.